The van der Waals surface area contributed by atoms with Gasteiger partial charge in [0.1, 0.15) is 0 Å². The minimum atomic E-state index is 0. The number of rotatable bonds is 0. The third-order valence-corrected chi connectivity index (χ3v) is 0. The van der Waals surface area contributed by atoms with E-state index < -0.39 is 0 Å². The summed E-state index contributed by atoms with van der Waals surface area (Å²) in [7, 11) is 0. The Labute approximate surface area is 84.0 Å². The van der Waals surface area contributed by atoms with Gasteiger partial charge < -0.3 is 24.8 Å². The molecule has 0 bridgehead atoms. The number of hydrogen-bond donors (Lipinski definition) is 0. The van der Waals surface area contributed by atoms with Gasteiger partial charge in [-0.2, -0.15) is 0 Å². The Kier molecular flexibility index (Phi) is 132. The fourth-order valence-corrected chi connectivity index (χ4v) is 0. The summed E-state index contributed by atoms with van der Waals surface area (Å²) in [5, 5.41) is 0. The van der Waals surface area contributed by atoms with Crippen LogP contribution in [0.1, 0.15) is 0 Å². The van der Waals surface area contributed by atoms with Crippen LogP contribution in [-0.2, 0) is 0 Å². The Bertz CT molecular complexity index is 6.00. The first-order chi connectivity index (χ1) is 0. The zero-order valence-corrected chi connectivity index (χ0v) is 9.93. The van der Waals surface area contributed by atoms with Gasteiger partial charge in [-0.3, -0.25) is 0 Å². The molecule has 0 nitrogen and oxygen atoms in total. The number of halogens is 2. The molecule has 0 radical (unpaired) electrons. The van der Waals surface area contributed by atoms with Crippen molar-refractivity contribution in [1.82, 2.24) is 0 Å². The van der Waals surface area contributed by atoms with Gasteiger partial charge in [-0.15, -0.1) is 0 Å². The van der Waals surface area contributed by atoms with E-state index in [2.05, 4.69) is 0 Å². The maximum atomic E-state index is 0. The van der Waals surface area contributed by atoms with Crippen molar-refractivity contribution < 1.29 is 85.5 Å². The Morgan fingerprint density at radius 3 is 0.750 bits per heavy atom. The van der Waals surface area contributed by atoms with Crippen LogP contribution >= 0.6 is 0 Å². The summed E-state index contributed by atoms with van der Waals surface area (Å²) < 4.78 is 0. The fraction of sp³-hybridized carbons (Fsp3) is 0. The Morgan fingerprint density at radius 1 is 0.750 bits per heavy atom. The third-order valence-electron chi connectivity index (χ3n) is 0. The van der Waals surface area contributed by atoms with E-state index in [1.165, 1.54) is 0 Å². The molecule has 0 aliphatic carbocycles. The van der Waals surface area contributed by atoms with Crippen molar-refractivity contribution in [3.8, 4) is 0 Å². The molecule has 0 saturated carbocycles. The van der Waals surface area contributed by atoms with Crippen molar-refractivity contribution in [2.45, 2.75) is 0 Å². The van der Waals surface area contributed by atoms with Gasteiger partial charge in [0.25, 0.3) is 0 Å². The minimum Gasteiger partial charge on any atom is -1.00 e. The van der Waals surface area contributed by atoms with Crippen LogP contribution in [0.2, 0.25) is 0 Å². The summed E-state index contributed by atoms with van der Waals surface area (Å²) >= 11 is 0. The van der Waals surface area contributed by atoms with E-state index in [0.717, 1.165) is 0 Å². The van der Waals surface area contributed by atoms with Crippen LogP contribution < -0.4 is 54.4 Å². The normalized spacial score (nSPS) is 0. The van der Waals surface area contributed by atoms with Gasteiger partial charge in [-0.1, -0.05) is 0 Å². The molecule has 0 aliphatic rings. The van der Waals surface area contributed by atoms with Crippen molar-refractivity contribution >= 4 is 0 Å². The van der Waals surface area contributed by atoms with E-state index in [-0.39, 0.29) is 85.5 Å². The van der Waals surface area contributed by atoms with Crippen LogP contribution in [0, 0.1) is 31.1 Å². The molecule has 0 N–H and O–H groups in total. The van der Waals surface area contributed by atoms with Gasteiger partial charge in [-0.05, 0) is 0 Å². The van der Waals surface area contributed by atoms with Gasteiger partial charge in [0.15, 0.2) is 0 Å². The summed E-state index contributed by atoms with van der Waals surface area (Å²) in [4.78, 5) is 0. The first-order valence-electron chi connectivity index (χ1n) is 0. The second-order valence-electron chi connectivity index (χ2n) is 0. The zero-order valence-electron chi connectivity index (χ0n) is 2.26. The zero-order chi connectivity index (χ0) is 0. The monoisotopic (exact) mass is 331 g/mol. The summed E-state index contributed by atoms with van der Waals surface area (Å²) in [5.74, 6) is 0. The Balaban J connectivity index is 0. The molecule has 0 atom stereocenters. The average Bonchev–Trinajstić information content (AvgIpc) is 0. The Morgan fingerprint density at radius 2 is 0.750 bits per heavy atom. The SMILES string of the molecule is [Cl-].[Cl-].[Na+].[U]. The average molecular weight is 332 g/mol. The summed E-state index contributed by atoms with van der Waals surface area (Å²) in [6.07, 6.45) is 0. The van der Waals surface area contributed by atoms with Crippen LogP contribution in [0.4, 0.5) is 0 Å². The molecule has 0 amide bonds. The predicted molar refractivity (Wildman–Crippen MR) is 0 cm³/mol. The second-order valence-corrected chi connectivity index (χ2v) is 0. The molecule has 20 valence electrons. The van der Waals surface area contributed by atoms with Crippen LogP contribution in [-0.4, -0.2) is 0 Å². The molecule has 4 heavy (non-hydrogen) atoms. The van der Waals surface area contributed by atoms with Crippen molar-refractivity contribution in [3.63, 3.8) is 0 Å². The van der Waals surface area contributed by atoms with Gasteiger partial charge in [0.2, 0.25) is 0 Å². The molecule has 0 fully saturated rings. The number of hydrogen-bond acceptors (Lipinski definition) is 0. The van der Waals surface area contributed by atoms with Crippen molar-refractivity contribution in [3.05, 3.63) is 0 Å². The van der Waals surface area contributed by atoms with Crippen molar-refractivity contribution in [2.75, 3.05) is 0 Å². The second kappa shape index (κ2) is 17.4. The van der Waals surface area contributed by atoms with Gasteiger partial charge >= 0.3 is 29.6 Å². The van der Waals surface area contributed by atoms with Gasteiger partial charge in [0.05, 0.1) is 0 Å². The van der Waals surface area contributed by atoms with Gasteiger partial charge in [-0.25, -0.2) is 0 Å². The Hall–Kier alpha value is 2.63. The fourth-order valence-electron chi connectivity index (χ4n) is 0. The largest absolute Gasteiger partial charge is 1.00 e. The van der Waals surface area contributed by atoms with Crippen molar-refractivity contribution in [1.29, 1.82) is 0 Å². The van der Waals surface area contributed by atoms with Crippen LogP contribution in [0.15, 0.2) is 0 Å². The maximum Gasteiger partial charge on any atom is 1.00 e. The van der Waals surface area contributed by atoms with E-state index in [9.17, 15) is 0 Å². The quantitative estimate of drug-likeness (QED) is 0.387. The molecule has 0 heterocycles. The smallest absolute Gasteiger partial charge is 1.00 e. The molecule has 4 heteroatoms. The molecule has 0 aromatic carbocycles. The van der Waals surface area contributed by atoms with E-state index in [0.29, 0.717) is 0 Å². The first-order valence-corrected chi connectivity index (χ1v) is 0. The molecule has 0 aromatic rings. The van der Waals surface area contributed by atoms with Crippen LogP contribution in [0.3, 0.4) is 0 Å². The maximum absolute atomic E-state index is 0. The standard InChI is InChI=1S/2ClH.Na.U/h2*1H;;/q;;+1;/p-2. The summed E-state index contributed by atoms with van der Waals surface area (Å²) in [5.41, 5.74) is 0. The van der Waals surface area contributed by atoms with E-state index >= 15 is 0 Å². The summed E-state index contributed by atoms with van der Waals surface area (Å²) in [6.45, 7) is 0. The van der Waals surface area contributed by atoms with Crippen molar-refractivity contribution in [2.24, 2.45) is 0 Å². The molecule has 0 unspecified atom stereocenters. The minimum absolute atomic E-state index is 0. The van der Waals surface area contributed by atoms with Crippen LogP contribution in [0.25, 0.3) is 0 Å². The third kappa shape index (κ3) is 8.82. The summed E-state index contributed by atoms with van der Waals surface area (Å²) in [6, 6.07) is 0. The van der Waals surface area contributed by atoms with E-state index in [1.807, 2.05) is 0 Å². The molecular formula is Cl2NaU-. The molecule has 0 rings (SSSR count). The molecule has 0 aromatic heterocycles. The molecule has 0 spiro atoms. The predicted octanol–water partition coefficient (Wildman–Crippen LogP) is -8.99. The first kappa shape index (κ1) is 30.4. The van der Waals surface area contributed by atoms with Gasteiger partial charge in [0, 0.05) is 31.1 Å². The van der Waals surface area contributed by atoms with E-state index in [4.69, 9.17) is 0 Å². The molecule has 0 aliphatic heterocycles. The van der Waals surface area contributed by atoms with E-state index in [1.54, 1.807) is 0 Å². The molecule has 0 saturated heterocycles. The van der Waals surface area contributed by atoms with Crippen LogP contribution in [0.5, 0.6) is 0 Å². The topological polar surface area (TPSA) is 0 Å². The molecular weight excluding hydrogens is 332 g/mol.